The predicted octanol–water partition coefficient (Wildman–Crippen LogP) is 2.48. The molecule has 0 aliphatic heterocycles. The van der Waals surface area contributed by atoms with Gasteiger partial charge in [0.25, 0.3) is 5.69 Å². The molecule has 0 saturated heterocycles. The second-order valence-electron chi connectivity index (χ2n) is 5.98. The summed E-state index contributed by atoms with van der Waals surface area (Å²) in [5.74, 6) is 0.605. The van der Waals surface area contributed by atoms with E-state index in [0.29, 0.717) is 12.5 Å². The zero-order chi connectivity index (χ0) is 18.8. The predicted molar refractivity (Wildman–Crippen MR) is 114 cm³/mol. The van der Waals surface area contributed by atoms with Gasteiger partial charge in [-0.25, -0.2) is 4.99 Å². The van der Waals surface area contributed by atoms with Crippen molar-refractivity contribution in [3.8, 4) is 0 Å². The van der Waals surface area contributed by atoms with Gasteiger partial charge in [0.2, 0.25) is 5.91 Å². The average Bonchev–Trinajstić information content (AvgIpc) is 2.59. The monoisotopic (exact) mass is 477 g/mol. The Labute approximate surface area is 171 Å². The molecule has 0 aliphatic carbocycles. The third kappa shape index (κ3) is 8.45. The molecule has 0 aromatic heterocycles. The highest BCUT2D eigenvalue weighted by atomic mass is 127. The Morgan fingerprint density at radius 3 is 2.35 bits per heavy atom. The number of nitrogens with zero attached hydrogens (tertiary/aromatic N) is 4. The number of aliphatic imine (C=N–C) groups is 1. The first-order valence-corrected chi connectivity index (χ1v) is 8.28. The van der Waals surface area contributed by atoms with Gasteiger partial charge in [-0.1, -0.05) is 25.5 Å². The summed E-state index contributed by atoms with van der Waals surface area (Å²) in [5.41, 5.74) is 0.926. The third-order valence-electron chi connectivity index (χ3n) is 3.66. The van der Waals surface area contributed by atoms with E-state index in [1.165, 1.54) is 17.0 Å². The molecule has 9 heteroatoms. The maximum atomic E-state index is 11.8. The maximum Gasteiger partial charge on any atom is 0.269 e. The fraction of sp³-hybridized carbons (Fsp3) is 0.529. The molecular formula is C17H28IN5O3. The van der Waals surface area contributed by atoms with Gasteiger partial charge in [0.15, 0.2) is 5.96 Å². The molecule has 1 aromatic carbocycles. The number of likely N-dealkylation sites (N-methyl/N-ethyl adjacent to an activating group) is 1. The molecule has 1 N–H and O–H groups in total. The third-order valence-corrected chi connectivity index (χ3v) is 3.66. The molecule has 1 aromatic rings. The van der Waals surface area contributed by atoms with Crippen LogP contribution in [0.1, 0.15) is 25.3 Å². The number of nitrogens with one attached hydrogen (secondary N) is 1. The molecule has 0 aliphatic rings. The van der Waals surface area contributed by atoms with Gasteiger partial charge in [0, 0.05) is 39.8 Å². The first kappa shape index (κ1) is 24.1. The normalized spacial score (nSPS) is 10.7. The average molecular weight is 477 g/mol. The lowest BCUT2D eigenvalue weighted by Gasteiger charge is -2.23. The van der Waals surface area contributed by atoms with Crippen LogP contribution in [-0.2, 0) is 11.3 Å². The molecule has 0 radical (unpaired) electrons. The van der Waals surface area contributed by atoms with E-state index in [-0.39, 0.29) is 42.1 Å². The zero-order valence-electron chi connectivity index (χ0n) is 15.8. The van der Waals surface area contributed by atoms with Crippen molar-refractivity contribution in [3.05, 3.63) is 39.9 Å². The van der Waals surface area contributed by atoms with Crippen molar-refractivity contribution in [3.63, 3.8) is 0 Å². The van der Waals surface area contributed by atoms with Gasteiger partial charge in [-0.15, -0.1) is 24.0 Å². The number of carbonyl (C=O) groups is 1. The number of halogens is 1. The molecule has 146 valence electrons. The lowest BCUT2D eigenvalue weighted by molar-refractivity contribution is -0.384. The first-order chi connectivity index (χ1) is 11.8. The number of nitro benzene ring substituents is 1. The fourth-order valence-corrected chi connectivity index (χ4v) is 2.01. The number of unbranched alkanes of at least 4 members (excludes halogenated alkanes) is 1. The quantitative estimate of drug-likeness (QED) is 0.204. The Morgan fingerprint density at radius 1 is 1.23 bits per heavy atom. The van der Waals surface area contributed by atoms with E-state index in [2.05, 4.69) is 17.2 Å². The summed E-state index contributed by atoms with van der Waals surface area (Å²) in [5, 5.41) is 13.8. The van der Waals surface area contributed by atoms with Crippen LogP contribution >= 0.6 is 24.0 Å². The number of hydrogen-bond donors (Lipinski definition) is 1. The van der Waals surface area contributed by atoms with Crippen molar-refractivity contribution in [2.24, 2.45) is 4.99 Å². The zero-order valence-corrected chi connectivity index (χ0v) is 18.1. The largest absolute Gasteiger partial charge is 0.347 e. The fourth-order valence-electron chi connectivity index (χ4n) is 2.01. The van der Waals surface area contributed by atoms with Crippen LogP contribution in [0.4, 0.5) is 5.69 Å². The summed E-state index contributed by atoms with van der Waals surface area (Å²) in [4.78, 5) is 30.1. The van der Waals surface area contributed by atoms with Crippen LogP contribution in [0.25, 0.3) is 0 Å². The molecule has 1 amide bonds. The Kier molecular flexibility index (Phi) is 11.5. The summed E-state index contributed by atoms with van der Waals surface area (Å²) >= 11 is 0. The van der Waals surface area contributed by atoms with Crippen LogP contribution in [0.2, 0.25) is 0 Å². The van der Waals surface area contributed by atoms with Crippen molar-refractivity contribution in [1.29, 1.82) is 0 Å². The first-order valence-electron chi connectivity index (χ1n) is 8.28. The summed E-state index contributed by atoms with van der Waals surface area (Å²) in [6.45, 7) is 3.50. The van der Waals surface area contributed by atoms with Crippen LogP contribution in [-0.4, -0.2) is 60.8 Å². The van der Waals surface area contributed by atoms with Crippen molar-refractivity contribution >= 4 is 41.5 Å². The van der Waals surface area contributed by atoms with E-state index in [9.17, 15) is 14.9 Å². The number of carbonyl (C=O) groups excluding carboxylic acids is 1. The number of guanidine groups is 1. The van der Waals surface area contributed by atoms with E-state index in [0.717, 1.165) is 24.9 Å². The van der Waals surface area contributed by atoms with E-state index in [4.69, 9.17) is 0 Å². The number of benzene rings is 1. The van der Waals surface area contributed by atoms with Crippen LogP contribution in [0.3, 0.4) is 0 Å². The summed E-state index contributed by atoms with van der Waals surface area (Å²) in [7, 11) is 5.34. The van der Waals surface area contributed by atoms with Crippen LogP contribution in [0.5, 0.6) is 0 Å². The van der Waals surface area contributed by atoms with Gasteiger partial charge in [0.1, 0.15) is 0 Å². The van der Waals surface area contributed by atoms with Crippen LogP contribution in [0.15, 0.2) is 29.3 Å². The number of hydrogen-bond acceptors (Lipinski definition) is 4. The number of nitro groups is 1. The highest BCUT2D eigenvalue weighted by Gasteiger charge is 2.10. The SMILES string of the molecule is CCCCN(C)C(=NCc1ccc([N+](=O)[O-])cc1)NCC(=O)N(C)C.I. The van der Waals surface area contributed by atoms with E-state index in [1.807, 2.05) is 11.9 Å². The van der Waals surface area contributed by atoms with Gasteiger partial charge in [-0.2, -0.15) is 0 Å². The summed E-state index contributed by atoms with van der Waals surface area (Å²) in [6, 6.07) is 6.31. The van der Waals surface area contributed by atoms with Crippen LogP contribution < -0.4 is 5.32 Å². The Bertz CT molecular complexity index is 605. The highest BCUT2D eigenvalue weighted by molar-refractivity contribution is 14.0. The summed E-state index contributed by atoms with van der Waals surface area (Å²) in [6.07, 6.45) is 2.09. The van der Waals surface area contributed by atoms with Gasteiger partial charge in [-0.3, -0.25) is 14.9 Å². The molecule has 0 heterocycles. The molecule has 0 fully saturated rings. The van der Waals surface area contributed by atoms with Crippen molar-refractivity contribution < 1.29 is 9.72 Å². The number of amides is 1. The number of non-ortho nitro benzene ring substituents is 1. The smallest absolute Gasteiger partial charge is 0.269 e. The van der Waals surface area contributed by atoms with Crippen molar-refractivity contribution in [2.45, 2.75) is 26.3 Å². The van der Waals surface area contributed by atoms with Gasteiger partial charge in [-0.05, 0) is 12.0 Å². The molecular weight excluding hydrogens is 449 g/mol. The molecule has 0 unspecified atom stereocenters. The second-order valence-corrected chi connectivity index (χ2v) is 5.98. The molecule has 0 bridgehead atoms. The Morgan fingerprint density at radius 2 is 1.85 bits per heavy atom. The lowest BCUT2D eigenvalue weighted by atomic mass is 10.2. The molecule has 0 saturated carbocycles. The van der Waals surface area contributed by atoms with E-state index in [1.54, 1.807) is 26.2 Å². The Hall–Kier alpha value is -1.91. The maximum absolute atomic E-state index is 11.8. The molecule has 1 rings (SSSR count). The molecule has 0 spiro atoms. The second kappa shape index (κ2) is 12.4. The molecule has 26 heavy (non-hydrogen) atoms. The van der Waals surface area contributed by atoms with Gasteiger partial charge < -0.3 is 15.1 Å². The van der Waals surface area contributed by atoms with Crippen molar-refractivity contribution in [2.75, 3.05) is 34.2 Å². The van der Waals surface area contributed by atoms with Crippen LogP contribution in [0, 0.1) is 10.1 Å². The van der Waals surface area contributed by atoms with Gasteiger partial charge >= 0.3 is 0 Å². The standard InChI is InChI=1S/C17H27N5O3.HI/c1-5-6-11-21(4)17(19-13-16(23)20(2)3)18-12-14-7-9-15(10-8-14)22(24)25;/h7-10H,5-6,11-13H2,1-4H3,(H,18,19);1H. The van der Waals surface area contributed by atoms with E-state index >= 15 is 0 Å². The van der Waals surface area contributed by atoms with Crippen molar-refractivity contribution in [1.82, 2.24) is 15.1 Å². The Balaban J connectivity index is 0.00000625. The lowest BCUT2D eigenvalue weighted by Crippen LogP contribution is -2.44. The summed E-state index contributed by atoms with van der Waals surface area (Å²) < 4.78 is 0. The molecule has 8 nitrogen and oxygen atoms in total. The molecule has 0 atom stereocenters. The minimum absolute atomic E-state index is 0. The minimum Gasteiger partial charge on any atom is -0.347 e. The van der Waals surface area contributed by atoms with Gasteiger partial charge in [0.05, 0.1) is 18.0 Å². The minimum atomic E-state index is -0.425. The topological polar surface area (TPSA) is 91.1 Å². The van der Waals surface area contributed by atoms with E-state index < -0.39 is 4.92 Å². The highest BCUT2D eigenvalue weighted by Crippen LogP contribution is 2.12. The number of rotatable bonds is 8.